The average Bonchev–Trinajstić information content (AvgIpc) is 2.63. The normalized spacial score (nSPS) is 10.9. The van der Waals surface area contributed by atoms with Crippen LogP contribution in [0.25, 0.3) is 0 Å². The summed E-state index contributed by atoms with van der Waals surface area (Å²) in [5.74, 6) is 0.0334. The van der Waals surface area contributed by atoms with E-state index in [0.717, 1.165) is 16.7 Å². The summed E-state index contributed by atoms with van der Waals surface area (Å²) in [5, 5.41) is 19.2. The highest BCUT2D eigenvalue weighted by atomic mass is 16.3. The van der Waals surface area contributed by atoms with Gasteiger partial charge < -0.3 is 10.2 Å². The number of hydrogen-bond donors (Lipinski definition) is 2. The molecule has 0 bridgehead atoms. The third-order valence-corrected chi connectivity index (χ3v) is 4.14. The molecule has 2 nitrogen and oxygen atoms in total. The lowest BCUT2D eigenvalue weighted by Gasteiger charge is -2.22. The summed E-state index contributed by atoms with van der Waals surface area (Å²) in [7, 11) is 0. The number of rotatable bonds is 5. The third-order valence-electron chi connectivity index (χ3n) is 4.14. The molecule has 0 amide bonds. The lowest BCUT2D eigenvalue weighted by Crippen LogP contribution is -2.07. The van der Waals surface area contributed by atoms with Gasteiger partial charge in [0.25, 0.3) is 0 Å². The molecule has 0 heterocycles. The molecule has 2 heteroatoms. The lowest BCUT2D eigenvalue weighted by molar-refractivity contribution is 0.277. The van der Waals surface area contributed by atoms with Crippen molar-refractivity contribution in [3.8, 4) is 0 Å². The molecule has 3 aromatic rings. The largest absolute Gasteiger partial charge is 0.392 e. The van der Waals surface area contributed by atoms with E-state index in [0.29, 0.717) is 0 Å². The maximum absolute atomic E-state index is 9.76. The van der Waals surface area contributed by atoms with Crippen molar-refractivity contribution in [2.75, 3.05) is 0 Å². The third kappa shape index (κ3) is 3.34. The number of hydrogen-bond acceptors (Lipinski definition) is 2. The first-order valence-electron chi connectivity index (χ1n) is 7.76. The zero-order chi connectivity index (χ0) is 16.1. The number of benzene rings is 3. The van der Waals surface area contributed by atoms with Gasteiger partial charge in [-0.05, 0) is 27.8 Å². The maximum atomic E-state index is 9.76. The van der Waals surface area contributed by atoms with Crippen LogP contribution < -0.4 is 0 Å². The summed E-state index contributed by atoms with van der Waals surface area (Å²) in [4.78, 5) is 0. The van der Waals surface area contributed by atoms with Crippen molar-refractivity contribution >= 4 is 0 Å². The van der Waals surface area contributed by atoms with Crippen molar-refractivity contribution in [1.82, 2.24) is 0 Å². The Labute approximate surface area is 136 Å². The molecule has 0 saturated carbocycles. The second-order valence-electron chi connectivity index (χ2n) is 5.60. The Hall–Kier alpha value is -2.42. The molecular weight excluding hydrogens is 284 g/mol. The number of aliphatic hydroxyl groups excluding tert-OH is 2. The fraction of sp³-hybridized carbons (Fsp3) is 0.143. The molecule has 0 aliphatic carbocycles. The van der Waals surface area contributed by atoms with Gasteiger partial charge in [0.1, 0.15) is 0 Å². The van der Waals surface area contributed by atoms with Gasteiger partial charge in [0.2, 0.25) is 0 Å². The van der Waals surface area contributed by atoms with E-state index >= 15 is 0 Å². The second kappa shape index (κ2) is 7.23. The van der Waals surface area contributed by atoms with Crippen LogP contribution in [0.2, 0.25) is 0 Å². The van der Waals surface area contributed by atoms with Crippen LogP contribution in [0.3, 0.4) is 0 Å². The van der Waals surface area contributed by atoms with Crippen LogP contribution in [0.1, 0.15) is 33.7 Å². The SMILES string of the molecule is OCc1ccc(CO)c(C(c2ccccc2)c2ccccc2)c1. The summed E-state index contributed by atoms with van der Waals surface area (Å²) in [6.07, 6.45) is 0. The van der Waals surface area contributed by atoms with Gasteiger partial charge in [-0.15, -0.1) is 0 Å². The highest BCUT2D eigenvalue weighted by molar-refractivity contribution is 5.47. The fourth-order valence-corrected chi connectivity index (χ4v) is 3.00. The molecule has 0 fully saturated rings. The van der Waals surface area contributed by atoms with E-state index in [-0.39, 0.29) is 19.1 Å². The fourth-order valence-electron chi connectivity index (χ4n) is 3.00. The Morgan fingerprint density at radius 2 is 1.22 bits per heavy atom. The Morgan fingerprint density at radius 3 is 1.70 bits per heavy atom. The minimum Gasteiger partial charge on any atom is -0.392 e. The quantitative estimate of drug-likeness (QED) is 0.703. The molecule has 23 heavy (non-hydrogen) atoms. The summed E-state index contributed by atoms with van der Waals surface area (Å²) in [6, 6.07) is 26.3. The molecule has 116 valence electrons. The molecule has 0 saturated heterocycles. The zero-order valence-corrected chi connectivity index (χ0v) is 12.9. The van der Waals surface area contributed by atoms with E-state index in [1.807, 2.05) is 54.6 Å². The molecule has 0 spiro atoms. The first-order chi connectivity index (χ1) is 11.3. The van der Waals surface area contributed by atoms with Gasteiger partial charge in [-0.1, -0.05) is 78.9 Å². The monoisotopic (exact) mass is 304 g/mol. The number of aliphatic hydroxyl groups is 2. The van der Waals surface area contributed by atoms with Crippen LogP contribution in [0.5, 0.6) is 0 Å². The van der Waals surface area contributed by atoms with Gasteiger partial charge in [-0.3, -0.25) is 0 Å². The smallest absolute Gasteiger partial charge is 0.0684 e. The molecule has 3 rings (SSSR count). The Morgan fingerprint density at radius 1 is 0.652 bits per heavy atom. The van der Waals surface area contributed by atoms with Gasteiger partial charge in [-0.25, -0.2) is 0 Å². The first-order valence-corrected chi connectivity index (χ1v) is 7.76. The molecule has 0 aliphatic heterocycles. The van der Waals surface area contributed by atoms with Crippen LogP contribution >= 0.6 is 0 Å². The molecule has 0 aromatic heterocycles. The second-order valence-corrected chi connectivity index (χ2v) is 5.60. The topological polar surface area (TPSA) is 40.5 Å². The first kappa shape index (κ1) is 15.5. The van der Waals surface area contributed by atoms with Gasteiger partial charge in [0.15, 0.2) is 0 Å². The van der Waals surface area contributed by atoms with Gasteiger partial charge in [-0.2, -0.15) is 0 Å². The Bertz CT molecular complexity index is 712. The van der Waals surface area contributed by atoms with Crippen LogP contribution in [0.4, 0.5) is 0 Å². The van der Waals surface area contributed by atoms with Gasteiger partial charge in [0.05, 0.1) is 13.2 Å². The molecule has 2 N–H and O–H groups in total. The molecule has 0 atom stereocenters. The van der Waals surface area contributed by atoms with E-state index in [1.165, 1.54) is 11.1 Å². The molecule has 0 unspecified atom stereocenters. The summed E-state index contributed by atoms with van der Waals surface area (Å²) in [6.45, 7) is -0.0216. The van der Waals surface area contributed by atoms with Crippen LogP contribution in [-0.4, -0.2) is 10.2 Å². The lowest BCUT2D eigenvalue weighted by atomic mass is 9.82. The highest BCUT2D eigenvalue weighted by Crippen LogP contribution is 2.34. The van der Waals surface area contributed by atoms with E-state index < -0.39 is 0 Å². The molecule has 0 radical (unpaired) electrons. The van der Waals surface area contributed by atoms with Gasteiger partial charge >= 0.3 is 0 Å². The van der Waals surface area contributed by atoms with Crippen molar-refractivity contribution in [2.45, 2.75) is 19.1 Å². The minimum atomic E-state index is -0.0167. The predicted octanol–water partition coefficient (Wildman–Crippen LogP) is 3.85. The van der Waals surface area contributed by atoms with Gasteiger partial charge in [0, 0.05) is 5.92 Å². The van der Waals surface area contributed by atoms with Crippen LogP contribution in [0, 0.1) is 0 Å². The van der Waals surface area contributed by atoms with Crippen molar-refractivity contribution in [1.29, 1.82) is 0 Å². The Balaban J connectivity index is 2.20. The molecular formula is C21H20O2. The zero-order valence-electron chi connectivity index (χ0n) is 12.9. The van der Waals surface area contributed by atoms with Crippen LogP contribution in [-0.2, 0) is 13.2 Å². The van der Waals surface area contributed by atoms with Crippen molar-refractivity contribution in [3.63, 3.8) is 0 Å². The molecule has 0 aliphatic rings. The summed E-state index contributed by atoms with van der Waals surface area (Å²) in [5.41, 5.74) is 5.12. The summed E-state index contributed by atoms with van der Waals surface area (Å²) < 4.78 is 0. The van der Waals surface area contributed by atoms with Crippen molar-refractivity contribution in [3.05, 3.63) is 107 Å². The van der Waals surface area contributed by atoms with E-state index in [2.05, 4.69) is 24.3 Å². The van der Waals surface area contributed by atoms with Crippen molar-refractivity contribution < 1.29 is 10.2 Å². The summed E-state index contributed by atoms with van der Waals surface area (Å²) >= 11 is 0. The average molecular weight is 304 g/mol. The maximum Gasteiger partial charge on any atom is 0.0684 e. The van der Waals surface area contributed by atoms with E-state index in [9.17, 15) is 10.2 Å². The standard InChI is InChI=1S/C21H20O2/c22-14-16-11-12-19(15-23)20(13-16)21(17-7-3-1-4-8-17)18-9-5-2-6-10-18/h1-13,21-23H,14-15H2. The van der Waals surface area contributed by atoms with Crippen molar-refractivity contribution in [2.24, 2.45) is 0 Å². The van der Waals surface area contributed by atoms with Crippen LogP contribution in [0.15, 0.2) is 78.9 Å². The van der Waals surface area contributed by atoms with E-state index in [1.54, 1.807) is 0 Å². The Kier molecular flexibility index (Phi) is 4.86. The highest BCUT2D eigenvalue weighted by Gasteiger charge is 2.19. The van der Waals surface area contributed by atoms with E-state index in [4.69, 9.17) is 0 Å². The predicted molar refractivity (Wildman–Crippen MR) is 92.1 cm³/mol. The minimum absolute atomic E-state index is 0.00495. The molecule has 3 aromatic carbocycles.